The van der Waals surface area contributed by atoms with Crippen LogP contribution in [0.1, 0.15) is 18.4 Å². The van der Waals surface area contributed by atoms with E-state index in [9.17, 15) is 4.79 Å². The number of carbonyl (C=O) groups excluding carboxylic acids is 1. The molecule has 0 saturated carbocycles. The molecule has 5 nitrogen and oxygen atoms in total. The van der Waals surface area contributed by atoms with Gasteiger partial charge in [-0.2, -0.15) is 0 Å². The molecule has 0 unspecified atom stereocenters. The summed E-state index contributed by atoms with van der Waals surface area (Å²) in [4.78, 5) is 13.8. The van der Waals surface area contributed by atoms with Crippen LogP contribution in [0.5, 0.6) is 0 Å². The minimum absolute atomic E-state index is 0.0673. The van der Waals surface area contributed by atoms with Gasteiger partial charge in [0.25, 0.3) is 0 Å². The van der Waals surface area contributed by atoms with Gasteiger partial charge in [-0.15, -0.1) is 0 Å². The second kappa shape index (κ2) is 8.63. The van der Waals surface area contributed by atoms with Crippen LogP contribution >= 0.6 is 0 Å². The lowest BCUT2D eigenvalue weighted by atomic mass is 10.1. The fourth-order valence-corrected chi connectivity index (χ4v) is 1.89. The van der Waals surface area contributed by atoms with Crippen molar-refractivity contribution in [2.24, 2.45) is 11.5 Å². The highest BCUT2D eigenvalue weighted by atomic mass is 16.3. The number of amides is 1. The number of nitrogens with two attached hydrogens (primary N) is 2. The Morgan fingerprint density at radius 3 is 2.58 bits per heavy atom. The van der Waals surface area contributed by atoms with Crippen LogP contribution in [0.4, 0.5) is 0 Å². The molecule has 5 N–H and O–H groups in total. The van der Waals surface area contributed by atoms with Crippen molar-refractivity contribution in [3.8, 4) is 0 Å². The Hall–Kier alpha value is -1.43. The van der Waals surface area contributed by atoms with Crippen molar-refractivity contribution < 1.29 is 9.90 Å². The van der Waals surface area contributed by atoms with Gasteiger partial charge in [-0.3, -0.25) is 4.79 Å². The molecule has 0 spiro atoms. The van der Waals surface area contributed by atoms with Gasteiger partial charge in [0.05, 0.1) is 12.6 Å². The SMILES string of the molecule is NCCC[C@@H](N)C(=O)N(CCO)Cc1ccccc1. The molecule has 0 aliphatic rings. The summed E-state index contributed by atoms with van der Waals surface area (Å²) in [5.74, 6) is -0.133. The van der Waals surface area contributed by atoms with Crippen molar-refractivity contribution in [1.82, 2.24) is 4.90 Å². The van der Waals surface area contributed by atoms with E-state index in [4.69, 9.17) is 16.6 Å². The van der Waals surface area contributed by atoms with Gasteiger partial charge in [-0.05, 0) is 24.9 Å². The Morgan fingerprint density at radius 2 is 2.00 bits per heavy atom. The Labute approximate surface area is 114 Å². The quantitative estimate of drug-likeness (QED) is 0.620. The van der Waals surface area contributed by atoms with E-state index >= 15 is 0 Å². The molecule has 0 aromatic heterocycles. The van der Waals surface area contributed by atoms with E-state index in [-0.39, 0.29) is 12.5 Å². The topological polar surface area (TPSA) is 92.6 Å². The highest BCUT2D eigenvalue weighted by molar-refractivity contribution is 5.81. The van der Waals surface area contributed by atoms with Crippen LogP contribution in [-0.4, -0.2) is 41.7 Å². The molecule has 0 aliphatic carbocycles. The van der Waals surface area contributed by atoms with Gasteiger partial charge in [0.1, 0.15) is 0 Å². The summed E-state index contributed by atoms with van der Waals surface area (Å²) < 4.78 is 0. The van der Waals surface area contributed by atoms with Crippen molar-refractivity contribution in [3.05, 3.63) is 35.9 Å². The molecule has 0 radical (unpaired) electrons. The summed E-state index contributed by atoms with van der Waals surface area (Å²) in [7, 11) is 0. The van der Waals surface area contributed by atoms with Crippen molar-refractivity contribution >= 4 is 5.91 Å². The summed E-state index contributed by atoms with van der Waals surface area (Å²) >= 11 is 0. The third kappa shape index (κ3) is 5.38. The fraction of sp³-hybridized carbons (Fsp3) is 0.500. The summed E-state index contributed by atoms with van der Waals surface area (Å²) in [6.07, 6.45) is 1.30. The van der Waals surface area contributed by atoms with E-state index in [0.717, 1.165) is 12.0 Å². The number of aliphatic hydroxyl groups excluding tert-OH is 1. The molecule has 5 heteroatoms. The van der Waals surface area contributed by atoms with Gasteiger partial charge in [0.15, 0.2) is 0 Å². The predicted octanol–water partition coefficient (Wildman–Crippen LogP) is 0.0737. The first-order chi connectivity index (χ1) is 9.19. The highest BCUT2D eigenvalue weighted by Crippen LogP contribution is 2.07. The molecule has 1 amide bonds. The Morgan fingerprint density at radius 1 is 1.32 bits per heavy atom. The zero-order chi connectivity index (χ0) is 14.1. The maximum atomic E-state index is 12.2. The number of carbonyl (C=O) groups is 1. The van der Waals surface area contributed by atoms with Gasteiger partial charge >= 0.3 is 0 Å². The number of hydrogen-bond acceptors (Lipinski definition) is 4. The van der Waals surface area contributed by atoms with E-state index in [0.29, 0.717) is 26.1 Å². The normalized spacial score (nSPS) is 12.2. The van der Waals surface area contributed by atoms with Crippen LogP contribution in [0.2, 0.25) is 0 Å². The van der Waals surface area contributed by atoms with Crippen molar-refractivity contribution in [3.63, 3.8) is 0 Å². The fourth-order valence-electron chi connectivity index (χ4n) is 1.89. The van der Waals surface area contributed by atoms with Gasteiger partial charge in [0.2, 0.25) is 5.91 Å². The lowest BCUT2D eigenvalue weighted by molar-refractivity contribution is -0.133. The summed E-state index contributed by atoms with van der Waals surface area (Å²) in [5.41, 5.74) is 12.3. The first-order valence-electron chi connectivity index (χ1n) is 6.58. The number of rotatable bonds is 8. The lowest BCUT2D eigenvalue weighted by Gasteiger charge is -2.25. The van der Waals surface area contributed by atoms with E-state index in [2.05, 4.69) is 0 Å². The van der Waals surface area contributed by atoms with Crippen LogP contribution < -0.4 is 11.5 Å². The third-order valence-electron chi connectivity index (χ3n) is 2.93. The second-order valence-corrected chi connectivity index (χ2v) is 4.51. The smallest absolute Gasteiger partial charge is 0.239 e. The van der Waals surface area contributed by atoms with Crippen LogP contribution in [0.15, 0.2) is 30.3 Å². The zero-order valence-electron chi connectivity index (χ0n) is 11.2. The van der Waals surface area contributed by atoms with E-state index in [1.165, 1.54) is 0 Å². The van der Waals surface area contributed by atoms with Crippen LogP contribution in [0, 0.1) is 0 Å². The monoisotopic (exact) mass is 265 g/mol. The molecule has 1 aromatic rings. The summed E-state index contributed by atoms with van der Waals surface area (Å²) in [6, 6.07) is 9.12. The van der Waals surface area contributed by atoms with Crippen LogP contribution in [0.3, 0.4) is 0 Å². The molecule has 1 atom stereocenters. The molecule has 1 rings (SSSR count). The largest absolute Gasteiger partial charge is 0.395 e. The maximum absolute atomic E-state index is 12.2. The Kier molecular flexibility index (Phi) is 7.10. The summed E-state index contributed by atoms with van der Waals surface area (Å²) in [6.45, 7) is 1.22. The molecule has 19 heavy (non-hydrogen) atoms. The van der Waals surface area contributed by atoms with Crippen LogP contribution in [-0.2, 0) is 11.3 Å². The minimum Gasteiger partial charge on any atom is -0.395 e. The van der Waals surface area contributed by atoms with E-state index < -0.39 is 6.04 Å². The molecular formula is C14H23N3O2. The number of benzene rings is 1. The lowest BCUT2D eigenvalue weighted by Crippen LogP contribution is -2.44. The molecule has 1 aromatic carbocycles. The number of aliphatic hydroxyl groups is 1. The Balaban J connectivity index is 2.63. The van der Waals surface area contributed by atoms with Gasteiger partial charge in [-0.1, -0.05) is 30.3 Å². The maximum Gasteiger partial charge on any atom is 0.239 e. The summed E-state index contributed by atoms with van der Waals surface area (Å²) in [5, 5.41) is 9.07. The molecule has 0 bridgehead atoms. The third-order valence-corrected chi connectivity index (χ3v) is 2.93. The first kappa shape index (κ1) is 15.6. The van der Waals surface area contributed by atoms with Crippen molar-refractivity contribution in [1.29, 1.82) is 0 Å². The molecule has 106 valence electrons. The van der Waals surface area contributed by atoms with Crippen molar-refractivity contribution in [2.75, 3.05) is 19.7 Å². The van der Waals surface area contributed by atoms with E-state index in [1.54, 1.807) is 4.90 Å². The molecular weight excluding hydrogens is 242 g/mol. The average molecular weight is 265 g/mol. The standard InChI is InChI=1S/C14H23N3O2/c15-8-4-7-13(16)14(19)17(9-10-18)11-12-5-2-1-3-6-12/h1-3,5-6,13,18H,4,7-11,15-16H2/t13-/m1/s1. The van der Waals surface area contributed by atoms with Crippen molar-refractivity contribution in [2.45, 2.75) is 25.4 Å². The highest BCUT2D eigenvalue weighted by Gasteiger charge is 2.20. The number of nitrogens with zero attached hydrogens (tertiary/aromatic N) is 1. The minimum atomic E-state index is -0.543. The second-order valence-electron chi connectivity index (χ2n) is 4.51. The average Bonchev–Trinajstić information content (AvgIpc) is 2.44. The first-order valence-corrected chi connectivity index (χ1v) is 6.58. The van der Waals surface area contributed by atoms with Gasteiger partial charge in [0, 0.05) is 13.1 Å². The number of hydrogen-bond donors (Lipinski definition) is 3. The molecule has 0 aliphatic heterocycles. The Bertz CT molecular complexity index is 370. The van der Waals surface area contributed by atoms with Gasteiger partial charge < -0.3 is 21.5 Å². The molecule has 0 fully saturated rings. The van der Waals surface area contributed by atoms with E-state index in [1.807, 2.05) is 30.3 Å². The predicted molar refractivity (Wildman–Crippen MR) is 75.2 cm³/mol. The zero-order valence-corrected chi connectivity index (χ0v) is 11.2. The van der Waals surface area contributed by atoms with Gasteiger partial charge in [-0.25, -0.2) is 0 Å². The molecule has 0 saturated heterocycles. The van der Waals surface area contributed by atoms with Crippen LogP contribution in [0.25, 0.3) is 0 Å². The molecule has 0 heterocycles.